The molecule has 0 saturated heterocycles. The highest BCUT2D eigenvalue weighted by molar-refractivity contribution is 7.92. The number of rotatable bonds is 7. The van der Waals surface area contributed by atoms with E-state index in [9.17, 15) is 30.8 Å². The Labute approximate surface area is 237 Å². The van der Waals surface area contributed by atoms with Gasteiger partial charge in [0.2, 0.25) is 15.3 Å². The van der Waals surface area contributed by atoms with Crippen molar-refractivity contribution in [1.29, 1.82) is 0 Å². The molecule has 6 rings (SSSR count). The molecule has 1 aliphatic heterocycles. The minimum absolute atomic E-state index is 0.0725. The van der Waals surface area contributed by atoms with Crippen LogP contribution in [0.4, 0.5) is 17.6 Å². The molecule has 2 aliphatic rings. The van der Waals surface area contributed by atoms with Crippen LogP contribution >= 0.6 is 0 Å². The van der Waals surface area contributed by atoms with E-state index >= 15 is 0 Å². The number of nitrogens with zero attached hydrogens (tertiary/aromatic N) is 2. The SMILES string of the molecule is O=C(NCc1cc2cc(-c3ccc(OC(F)F)c(C4CC4)n3)ccc2cn1)c1cc(F)c2c(c1)S(=O)(=O)[C@@H](F)CCO2. The van der Waals surface area contributed by atoms with Crippen LogP contribution in [0.1, 0.15) is 46.9 Å². The lowest BCUT2D eigenvalue weighted by molar-refractivity contribution is -0.0507. The van der Waals surface area contributed by atoms with E-state index in [1.54, 1.807) is 18.3 Å². The van der Waals surface area contributed by atoms with Gasteiger partial charge in [-0.2, -0.15) is 8.78 Å². The molecule has 0 radical (unpaired) electrons. The standard InChI is InChI=1S/C29H23F4N3O5S/c30-21-11-19(12-24-27(21)40-8-7-25(31)42(24,38)39)28(37)35-14-20-10-18-9-16(3-4-17(18)13-34-20)22-5-6-23(41-29(32)33)26(36-22)15-1-2-15/h3-6,9-13,15,25,29H,1-2,7-8,14H2,(H,35,37)/t25-/m1/s1. The molecule has 3 heterocycles. The van der Waals surface area contributed by atoms with Gasteiger partial charge in [0, 0.05) is 35.0 Å². The summed E-state index contributed by atoms with van der Waals surface area (Å²) >= 11 is 0. The van der Waals surface area contributed by atoms with E-state index < -0.39 is 50.7 Å². The highest BCUT2D eigenvalue weighted by Gasteiger charge is 2.35. The number of benzene rings is 2. The first kappa shape index (κ1) is 27.9. The number of carbonyl (C=O) groups is 1. The van der Waals surface area contributed by atoms with Crippen LogP contribution in [-0.2, 0) is 16.4 Å². The lowest BCUT2D eigenvalue weighted by Crippen LogP contribution is -2.24. The van der Waals surface area contributed by atoms with Gasteiger partial charge in [-0.25, -0.2) is 22.2 Å². The molecule has 1 amide bonds. The summed E-state index contributed by atoms with van der Waals surface area (Å²) in [5.74, 6) is -2.32. The molecule has 0 bridgehead atoms. The van der Waals surface area contributed by atoms with Crippen LogP contribution in [0.2, 0.25) is 0 Å². The summed E-state index contributed by atoms with van der Waals surface area (Å²) in [6.07, 6.45) is 2.86. The van der Waals surface area contributed by atoms with E-state index in [4.69, 9.17) is 4.74 Å². The topological polar surface area (TPSA) is 107 Å². The van der Waals surface area contributed by atoms with Crippen molar-refractivity contribution in [1.82, 2.24) is 15.3 Å². The Kier molecular flexibility index (Phi) is 7.21. The molecule has 42 heavy (non-hydrogen) atoms. The van der Waals surface area contributed by atoms with Crippen molar-refractivity contribution in [3.63, 3.8) is 0 Å². The maximum absolute atomic E-state index is 14.7. The molecule has 13 heteroatoms. The Morgan fingerprint density at radius 2 is 1.88 bits per heavy atom. The zero-order valence-electron chi connectivity index (χ0n) is 21.8. The van der Waals surface area contributed by atoms with Crippen molar-refractivity contribution in [2.24, 2.45) is 0 Å². The van der Waals surface area contributed by atoms with E-state index in [1.165, 1.54) is 6.07 Å². The van der Waals surface area contributed by atoms with Gasteiger partial charge in [0.15, 0.2) is 11.6 Å². The average Bonchev–Trinajstić information content (AvgIpc) is 3.82. The first-order chi connectivity index (χ1) is 20.1. The Morgan fingerprint density at radius 1 is 1.07 bits per heavy atom. The summed E-state index contributed by atoms with van der Waals surface area (Å²) in [6, 6.07) is 12.1. The maximum Gasteiger partial charge on any atom is 0.387 e. The van der Waals surface area contributed by atoms with E-state index in [2.05, 4.69) is 20.0 Å². The summed E-state index contributed by atoms with van der Waals surface area (Å²) in [6.45, 7) is -3.33. The van der Waals surface area contributed by atoms with Crippen LogP contribution in [0.3, 0.4) is 0 Å². The van der Waals surface area contributed by atoms with Crippen molar-refractivity contribution in [2.75, 3.05) is 6.61 Å². The molecular formula is C29H23F4N3O5S. The predicted molar refractivity (Wildman–Crippen MR) is 143 cm³/mol. The maximum atomic E-state index is 14.7. The van der Waals surface area contributed by atoms with E-state index in [0.717, 1.165) is 41.3 Å². The second-order valence-electron chi connectivity index (χ2n) is 10.0. The fourth-order valence-corrected chi connectivity index (χ4v) is 6.17. The third-order valence-electron chi connectivity index (χ3n) is 7.08. The molecule has 0 spiro atoms. The number of amides is 1. The first-order valence-electron chi connectivity index (χ1n) is 13.1. The molecule has 1 fully saturated rings. The third-order valence-corrected chi connectivity index (χ3v) is 8.90. The molecule has 2 aromatic carbocycles. The average molecular weight is 602 g/mol. The fraction of sp³-hybridized carbons (Fsp3) is 0.276. The number of sulfone groups is 1. The molecule has 218 valence electrons. The Balaban J connectivity index is 1.23. The second kappa shape index (κ2) is 10.9. The highest BCUT2D eigenvalue weighted by atomic mass is 32.2. The Hall–Kier alpha value is -4.26. The van der Waals surface area contributed by atoms with Crippen molar-refractivity contribution in [3.8, 4) is 22.8 Å². The van der Waals surface area contributed by atoms with Gasteiger partial charge < -0.3 is 14.8 Å². The van der Waals surface area contributed by atoms with Crippen LogP contribution < -0.4 is 14.8 Å². The van der Waals surface area contributed by atoms with E-state index in [-0.39, 0.29) is 30.4 Å². The van der Waals surface area contributed by atoms with Crippen molar-refractivity contribution in [3.05, 3.63) is 77.5 Å². The summed E-state index contributed by atoms with van der Waals surface area (Å²) in [7, 11) is -4.54. The summed E-state index contributed by atoms with van der Waals surface area (Å²) in [5.41, 5.74) is -0.303. The van der Waals surface area contributed by atoms with Gasteiger partial charge in [-0.3, -0.25) is 9.78 Å². The number of ether oxygens (including phenoxy) is 2. The molecule has 1 atom stereocenters. The molecule has 4 aromatic rings. The molecule has 8 nitrogen and oxygen atoms in total. The monoisotopic (exact) mass is 601 g/mol. The number of nitrogens with one attached hydrogen (secondary N) is 1. The van der Waals surface area contributed by atoms with Crippen LogP contribution in [0.25, 0.3) is 22.0 Å². The van der Waals surface area contributed by atoms with Crippen LogP contribution in [-0.4, -0.2) is 43.0 Å². The van der Waals surface area contributed by atoms with Gasteiger partial charge in [0.05, 0.1) is 30.2 Å². The fourth-order valence-electron chi connectivity index (χ4n) is 4.78. The van der Waals surface area contributed by atoms with Gasteiger partial charge >= 0.3 is 6.61 Å². The van der Waals surface area contributed by atoms with Crippen molar-refractivity contribution >= 4 is 26.5 Å². The number of alkyl halides is 3. The minimum Gasteiger partial charge on any atom is -0.489 e. The number of halogens is 4. The molecule has 1 aliphatic carbocycles. The molecule has 1 N–H and O–H groups in total. The van der Waals surface area contributed by atoms with Crippen molar-refractivity contribution < 1.29 is 40.2 Å². The van der Waals surface area contributed by atoms with Crippen LogP contribution in [0.5, 0.6) is 11.5 Å². The zero-order chi connectivity index (χ0) is 29.6. The summed E-state index contributed by atoms with van der Waals surface area (Å²) in [5, 5.41) is 4.14. The Morgan fingerprint density at radius 3 is 2.64 bits per heavy atom. The first-order valence-corrected chi connectivity index (χ1v) is 14.6. The molecule has 1 saturated carbocycles. The van der Waals surface area contributed by atoms with Gasteiger partial charge in [-0.05, 0) is 54.6 Å². The third kappa shape index (κ3) is 5.48. The zero-order valence-corrected chi connectivity index (χ0v) is 22.6. The van der Waals surface area contributed by atoms with Crippen molar-refractivity contribution in [2.45, 2.75) is 48.7 Å². The van der Waals surface area contributed by atoms with Crippen LogP contribution in [0.15, 0.2) is 59.6 Å². The summed E-state index contributed by atoms with van der Waals surface area (Å²) in [4.78, 5) is 21.1. The van der Waals surface area contributed by atoms with Gasteiger partial charge in [0.1, 0.15) is 10.6 Å². The van der Waals surface area contributed by atoms with E-state index in [0.29, 0.717) is 17.1 Å². The minimum atomic E-state index is -4.54. The van der Waals surface area contributed by atoms with Gasteiger partial charge in [-0.15, -0.1) is 0 Å². The number of pyridine rings is 2. The lowest BCUT2D eigenvalue weighted by Gasteiger charge is -2.12. The predicted octanol–water partition coefficient (Wildman–Crippen LogP) is 5.70. The molecule has 0 unspecified atom stereocenters. The molecular weight excluding hydrogens is 578 g/mol. The number of carbonyl (C=O) groups excluding carboxylic acids is 1. The number of hydrogen-bond acceptors (Lipinski definition) is 7. The highest BCUT2D eigenvalue weighted by Crippen LogP contribution is 2.44. The lowest BCUT2D eigenvalue weighted by atomic mass is 10.0. The number of hydrogen-bond donors (Lipinski definition) is 1. The smallest absolute Gasteiger partial charge is 0.387 e. The second-order valence-corrected chi connectivity index (χ2v) is 12.1. The quantitative estimate of drug-likeness (QED) is 0.271. The normalized spacial score (nSPS) is 17.8. The van der Waals surface area contributed by atoms with Gasteiger partial charge in [0.25, 0.3) is 5.91 Å². The largest absolute Gasteiger partial charge is 0.489 e. The van der Waals surface area contributed by atoms with Crippen LogP contribution in [0, 0.1) is 5.82 Å². The summed E-state index contributed by atoms with van der Waals surface area (Å²) < 4.78 is 89.2. The Bertz CT molecular complexity index is 1820. The number of aromatic nitrogens is 2. The van der Waals surface area contributed by atoms with E-state index in [1.807, 2.05) is 18.2 Å². The number of fused-ring (bicyclic) bond motifs is 2. The van der Waals surface area contributed by atoms with Gasteiger partial charge in [-0.1, -0.05) is 12.1 Å². The molecule has 2 aromatic heterocycles.